The average Bonchev–Trinajstić information content (AvgIpc) is 2.51. The maximum Gasteiger partial charge on any atom is 0.0576 e. The van der Waals surface area contributed by atoms with Crippen LogP contribution in [0.15, 0.2) is 0 Å². The van der Waals surface area contributed by atoms with Crippen molar-refractivity contribution in [3.05, 3.63) is 0 Å². The Balaban J connectivity index is 2.07. The molecule has 0 saturated carbocycles. The van der Waals surface area contributed by atoms with Gasteiger partial charge in [0.1, 0.15) is 0 Å². The fraction of sp³-hybridized carbons (Fsp3) is 1.00. The number of hydrogen-bond donors (Lipinski definition) is 0. The normalized spacial score (nSPS) is 28.8. The van der Waals surface area contributed by atoms with Crippen molar-refractivity contribution < 1.29 is 4.74 Å². The lowest BCUT2D eigenvalue weighted by atomic mass is 9.99. The van der Waals surface area contributed by atoms with Gasteiger partial charge in [0, 0.05) is 11.4 Å². The summed E-state index contributed by atoms with van der Waals surface area (Å²) >= 11 is 3.61. The summed E-state index contributed by atoms with van der Waals surface area (Å²) in [5, 5.41) is 0. The van der Waals surface area contributed by atoms with Crippen LogP contribution in [0.4, 0.5) is 0 Å². The third-order valence-corrected chi connectivity index (χ3v) is 3.65. The first-order valence-corrected chi connectivity index (χ1v) is 5.87. The lowest BCUT2D eigenvalue weighted by molar-refractivity contribution is 0.0988. The summed E-state index contributed by atoms with van der Waals surface area (Å²) in [5.41, 5.74) is 0. The third kappa shape index (κ3) is 3.44. The van der Waals surface area contributed by atoms with E-state index in [1.54, 1.807) is 0 Å². The van der Waals surface area contributed by atoms with Crippen LogP contribution in [0.2, 0.25) is 0 Å². The second-order valence-corrected chi connectivity index (χ2v) is 5.31. The smallest absolute Gasteiger partial charge is 0.0576 e. The topological polar surface area (TPSA) is 9.23 Å². The molecule has 1 rings (SSSR count). The number of rotatable bonds is 4. The Labute approximate surface area is 84.0 Å². The Hall–Kier alpha value is 0.440. The second kappa shape index (κ2) is 5.23. The van der Waals surface area contributed by atoms with Crippen LogP contribution in [-0.4, -0.2) is 17.5 Å². The molecule has 0 aromatic heterocycles. The summed E-state index contributed by atoms with van der Waals surface area (Å²) in [7, 11) is 0. The van der Waals surface area contributed by atoms with Gasteiger partial charge in [0.2, 0.25) is 0 Å². The maximum absolute atomic E-state index is 5.57. The maximum atomic E-state index is 5.57. The van der Waals surface area contributed by atoms with E-state index in [9.17, 15) is 0 Å². The highest BCUT2D eigenvalue weighted by atomic mass is 79.9. The molecule has 2 heteroatoms. The van der Waals surface area contributed by atoms with E-state index in [0.29, 0.717) is 10.9 Å². The molecule has 12 heavy (non-hydrogen) atoms. The van der Waals surface area contributed by atoms with E-state index in [4.69, 9.17) is 4.74 Å². The predicted molar refractivity (Wildman–Crippen MR) is 55.8 cm³/mol. The van der Waals surface area contributed by atoms with Crippen LogP contribution in [0, 0.1) is 5.92 Å². The van der Waals surface area contributed by atoms with Crippen LogP contribution in [-0.2, 0) is 4.74 Å². The molecule has 1 heterocycles. The predicted octanol–water partition coefficient (Wildman–Crippen LogP) is 3.37. The molecule has 0 spiro atoms. The van der Waals surface area contributed by atoms with Crippen LogP contribution >= 0.6 is 15.9 Å². The Morgan fingerprint density at radius 2 is 2.25 bits per heavy atom. The number of ether oxygens (including phenoxy) is 1. The van der Waals surface area contributed by atoms with Crippen molar-refractivity contribution >= 4 is 15.9 Å². The molecule has 3 unspecified atom stereocenters. The highest BCUT2D eigenvalue weighted by molar-refractivity contribution is 9.09. The summed E-state index contributed by atoms with van der Waals surface area (Å²) in [5.74, 6) is 0.772. The van der Waals surface area contributed by atoms with Crippen molar-refractivity contribution in [1.82, 2.24) is 0 Å². The average molecular weight is 235 g/mol. The quantitative estimate of drug-likeness (QED) is 0.679. The van der Waals surface area contributed by atoms with Crippen molar-refractivity contribution in [2.75, 3.05) is 6.61 Å². The molecule has 0 aromatic rings. The molecule has 0 aromatic carbocycles. The molecule has 1 saturated heterocycles. The van der Waals surface area contributed by atoms with Crippen LogP contribution in [0.25, 0.3) is 0 Å². The van der Waals surface area contributed by atoms with E-state index in [0.717, 1.165) is 12.5 Å². The third-order valence-electron chi connectivity index (χ3n) is 2.75. The van der Waals surface area contributed by atoms with Gasteiger partial charge in [-0.25, -0.2) is 0 Å². The Morgan fingerprint density at radius 3 is 2.75 bits per heavy atom. The molecular formula is C10H19BrO. The second-order valence-electron chi connectivity index (χ2n) is 3.87. The number of halogens is 1. The molecule has 0 N–H and O–H groups in total. The molecule has 0 radical (unpaired) electrons. The monoisotopic (exact) mass is 234 g/mol. The highest BCUT2D eigenvalue weighted by Gasteiger charge is 2.17. The van der Waals surface area contributed by atoms with Crippen LogP contribution in [0.1, 0.15) is 39.5 Å². The van der Waals surface area contributed by atoms with Gasteiger partial charge in [0.05, 0.1) is 6.10 Å². The summed E-state index contributed by atoms with van der Waals surface area (Å²) in [6.45, 7) is 5.51. The molecule has 0 bridgehead atoms. The van der Waals surface area contributed by atoms with Gasteiger partial charge in [-0.15, -0.1) is 0 Å². The largest absolute Gasteiger partial charge is 0.378 e. The van der Waals surface area contributed by atoms with Gasteiger partial charge in [-0.05, 0) is 31.6 Å². The van der Waals surface area contributed by atoms with Gasteiger partial charge in [0.15, 0.2) is 0 Å². The lowest BCUT2D eigenvalue weighted by Gasteiger charge is -2.16. The van der Waals surface area contributed by atoms with Gasteiger partial charge in [-0.2, -0.15) is 0 Å². The molecule has 72 valence electrons. The first kappa shape index (κ1) is 10.5. The fourth-order valence-corrected chi connectivity index (χ4v) is 1.81. The van der Waals surface area contributed by atoms with E-state index in [1.807, 2.05) is 0 Å². The van der Waals surface area contributed by atoms with Gasteiger partial charge in [0.25, 0.3) is 0 Å². The summed E-state index contributed by atoms with van der Waals surface area (Å²) in [6, 6.07) is 0. The summed E-state index contributed by atoms with van der Waals surface area (Å²) < 4.78 is 5.57. The van der Waals surface area contributed by atoms with E-state index in [1.165, 1.54) is 25.7 Å². The van der Waals surface area contributed by atoms with E-state index < -0.39 is 0 Å². The van der Waals surface area contributed by atoms with Crippen molar-refractivity contribution in [3.63, 3.8) is 0 Å². The van der Waals surface area contributed by atoms with Crippen molar-refractivity contribution in [2.45, 2.75) is 50.5 Å². The molecule has 0 aliphatic carbocycles. The van der Waals surface area contributed by atoms with E-state index in [-0.39, 0.29) is 0 Å². The molecule has 1 aliphatic rings. The Morgan fingerprint density at radius 1 is 1.50 bits per heavy atom. The summed E-state index contributed by atoms with van der Waals surface area (Å²) in [4.78, 5) is 0.638. The minimum absolute atomic E-state index is 0.568. The lowest BCUT2D eigenvalue weighted by Crippen LogP contribution is -2.11. The standard InChI is InChI=1S/C10H19BrO/c1-8(9(2)11)5-6-10-4-3-7-12-10/h8-10H,3-7H2,1-2H3. The first-order valence-electron chi connectivity index (χ1n) is 4.96. The zero-order valence-corrected chi connectivity index (χ0v) is 9.64. The van der Waals surface area contributed by atoms with E-state index >= 15 is 0 Å². The SMILES string of the molecule is CC(Br)C(C)CCC1CCCO1. The molecule has 1 nitrogen and oxygen atoms in total. The zero-order chi connectivity index (χ0) is 8.97. The molecule has 1 aliphatic heterocycles. The Bertz CT molecular complexity index is 117. The first-order chi connectivity index (χ1) is 5.70. The number of alkyl halides is 1. The van der Waals surface area contributed by atoms with E-state index in [2.05, 4.69) is 29.8 Å². The Kier molecular flexibility index (Phi) is 4.59. The van der Waals surface area contributed by atoms with Gasteiger partial charge < -0.3 is 4.74 Å². The molecular weight excluding hydrogens is 216 g/mol. The van der Waals surface area contributed by atoms with Gasteiger partial charge in [-0.3, -0.25) is 0 Å². The van der Waals surface area contributed by atoms with Crippen LogP contribution in [0.3, 0.4) is 0 Å². The minimum Gasteiger partial charge on any atom is -0.378 e. The van der Waals surface area contributed by atoms with Crippen molar-refractivity contribution in [2.24, 2.45) is 5.92 Å². The molecule has 1 fully saturated rings. The molecule has 3 atom stereocenters. The van der Waals surface area contributed by atoms with Gasteiger partial charge >= 0.3 is 0 Å². The van der Waals surface area contributed by atoms with Crippen molar-refractivity contribution in [1.29, 1.82) is 0 Å². The number of hydrogen-bond acceptors (Lipinski definition) is 1. The molecule has 0 amide bonds. The summed E-state index contributed by atoms with van der Waals surface area (Å²) in [6.07, 6.45) is 5.65. The van der Waals surface area contributed by atoms with Crippen LogP contribution < -0.4 is 0 Å². The highest BCUT2D eigenvalue weighted by Crippen LogP contribution is 2.23. The van der Waals surface area contributed by atoms with Crippen molar-refractivity contribution in [3.8, 4) is 0 Å². The van der Waals surface area contributed by atoms with Crippen LogP contribution in [0.5, 0.6) is 0 Å². The zero-order valence-electron chi connectivity index (χ0n) is 8.05. The minimum atomic E-state index is 0.568. The fourth-order valence-electron chi connectivity index (χ4n) is 1.55. The van der Waals surface area contributed by atoms with Gasteiger partial charge in [-0.1, -0.05) is 29.8 Å².